The van der Waals surface area contributed by atoms with Crippen molar-refractivity contribution >= 4 is 15.9 Å². The van der Waals surface area contributed by atoms with Gasteiger partial charge in [0.2, 0.25) is 0 Å². The van der Waals surface area contributed by atoms with Gasteiger partial charge in [-0.3, -0.25) is 0 Å². The van der Waals surface area contributed by atoms with E-state index in [4.69, 9.17) is 4.74 Å². The van der Waals surface area contributed by atoms with Gasteiger partial charge in [-0.05, 0) is 66.7 Å². The normalized spacial score (nSPS) is 21.7. The molecule has 2 aromatic carbocycles. The second-order valence-electron chi connectivity index (χ2n) is 6.95. The van der Waals surface area contributed by atoms with Crippen LogP contribution in [0, 0.1) is 0 Å². The monoisotopic (exact) mass is 394 g/mol. The third-order valence-electron chi connectivity index (χ3n) is 5.47. The van der Waals surface area contributed by atoms with Gasteiger partial charge in [-0.1, -0.05) is 58.4 Å². The van der Waals surface area contributed by atoms with Gasteiger partial charge in [0, 0.05) is 16.3 Å². The van der Waals surface area contributed by atoms with E-state index in [9.17, 15) is 0 Å². The molecule has 2 aliphatic rings. The second kappa shape index (κ2) is 6.84. The molecule has 1 unspecified atom stereocenters. The summed E-state index contributed by atoms with van der Waals surface area (Å²) in [6.45, 7) is 2.81. The van der Waals surface area contributed by atoms with Crippen LogP contribution in [0.4, 0.5) is 0 Å². The molecule has 0 fully saturated rings. The van der Waals surface area contributed by atoms with E-state index >= 15 is 0 Å². The number of benzene rings is 2. The first-order chi connectivity index (χ1) is 12.2. The van der Waals surface area contributed by atoms with Crippen LogP contribution in [0.5, 0.6) is 0 Å². The summed E-state index contributed by atoms with van der Waals surface area (Å²) < 4.78 is 7.01. The van der Waals surface area contributed by atoms with Gasteiger partial charge in [-0.2, -0.15) is 0 Å². The van der Waals surface area contributed by atoms with E-state index in [0.717, 1.165) is 38.0 Å². The van der Waals surface area contributed by atoms with E-state index < -0.39 is 0 Å². The van der Waals surface area contributed by atoms with Gasteiger partial charge < -0.3 is 4.74 Å². The fourth-order valence-corrected chi connectivity index (χ4v) is 4.76. The molecule has 128 valence electrons. The van der Waals surface area contributed by atoms with Crippen LogP contribution in [0.15, 0.2) is 76.5 Å². The van der Waals surface area contributed by atoms with E-state index in [-0.39, 0.29) is 5.41 Å². The number of ether oxygens (including phenoxy) is 1. The van der Waals surface area contributed by atoms with Crippen LogP contribution < -0.4 is 0 Å². The highest BCUT2D eigenvalue weighted by atomic mass is 79.9. The summed E-state index contributed by atoms with van der Waals surface area (Å²) in [4.78, 5) is 0. The molecule has 0 saturated heterocycles. The average Bonchev–Trinajstić information content (AvgIpc) is 2.63. The summed E-state index contributed by atoms with van der Waals surface area (Å²) in [5.74, 6) is 1.14. The van der Waals surface area contributed by atoms with Gasteiger partial charge in [-0.15, -0.1) is 0 Å². The Balaban J connectivity index is 1.82. The molecule has 0 amide bonds. The predicted molar refractivity (Wildman–Crippen MR) is 107 cm³/mol. The summed E-state index contributed by atoms with van der Waals surface area (Å²) in [5, 5.41) is 0. The summed E-state index contributed by atoms with van der Waals surface area (Å²) in [6.07, 6.45) is 8.87. The van der Waals surface area contributed by atoms with Crippen LogP contribution in [-0.4, -0.2) is 6.61 Å². The molecule has 4 rings (SSSR count). The minimum Gasteiger partial charge on any atom is -0.498 e. The Morgan fingerprint density at radius 1 is 1.12 bits per heavy atom. The minimum absolute atomic E-state index is 0.0657. The lowest BCUT2D eigenvalue weighted by atomic mass is 9.61. The van der Waals surface area contributed by atoms with Gasteiger partial charge in [0.1, 0.15) is 0 Å². The summed E-state index contributed by atoms with van der Waals surface area (Å²) in [7, 11) is 0. The quantitative estimate of drug-likeness (QED) is 0.606. The van der Waals surface area contributed by atoms with Crippen molar-refractivity contribution in [1.82, 2.24) is 0 Å². The van der Waals surface area contributed by atoms with E-state index in [0.29, 0.717) is 0 Å². The number of hydrogen-bond acceptors (Lipinski definition) is 1. The Morgan fingerprint density at radius 2 is 1.96 bits per heavy atom. The summed E-state index contributed by atoms with van der Waals surface area (Å²) >= 11 is 3.64. The van der Waals surface area contributed by atoms with Crippen molar-refractivity contribution in [2.24, 2.45) is 0 Å². The lowest BCUT2D eigenvalue weighted by Gasteiger charge is -2.43. The zero-order valence-electron chi connectivity index (χ0n) is 14.6. The molecular weight excluding hydrogens is 372 g/mol. The number of halogens is 1. The zero-order valence-corrected chi connectivity index (χ0v) is 16.2. The molecule has 0 bridgehead atoms. The predicted octanol–water partition coefficient (Wildman–Crippen LogP) is 6.13. The Bertz CT molecular complexity index is 834. The molecule has 1 atom stereocenters. The molecular formula is C23H23BrO. The van der Waals surface area contributed by atoms with Crippen molar-refractivity contribution in [1.29, 1.82) is 0 Å². The van der Waals surface area contributed by atoms with Gasteiger partial charge >= 0.3 is 0 Å². The SMILES string of the molecule is CCOC1=CC2=CCc3cc(Br)ccc3C2(Cc2ccccc2)CC1. The van der Waals surface area contributed by atoms with E-state index in [2.05, 4.69) is 83.5 Å². The fraction of sp³-hybridized carbons (Fsp3) is 0.304. The molecule has 0 saturated carbocycles. The van der Waals surface area contributed by atoms with Gasteiger partial charge in [0.15, 0.2) is 0 Å². The van der Waals surface area contributed by atoms with Crippen LogP contribution in [0.2, 0.25) is 0 Å². The first-order valence-corrected chi connectivity index (χ1v) is 9.87. The summed E-state index contributed by atoms with van der Waals surface area (Å²) in [6, 6.07) is 17.7. The molecule has 0 spiro atoms. The third kappa shape index (κ3) is 3.08. The lowest BCUT2D eigenvalue weighted by molar-refractivity contribution is 0.204. The van der Waals surface area contributed by atoms with E-state index in [1.54, 1.807) is 0 Å². The van der Waals surface area contributed by atoms with Gasteiger partial charge in [0.25, 0.3) is 0 Å². The number of fused-ring (bicyclic) bond motifs is 3. The van der Waals surface area contributed by atoms with Crippen molar-refractivity contribution in [2.75, 3.05) is 6.61 Å². The van der Waals surface area contributed by atoms with Crippen molar-refractivity contribution in [2.45, 2.75) is 38.0 Å². The van der Waals surface area contributed by atoms with Crippen LogP contribution in [0.3, 0.4) is 0 Å². The Morgan fingerprint density at radius 3 is 2.76 bits per heavy atom. The van der Waals surface area contributed by atoms with Crippen LogP contribution >= 0.6 is 15.9 Å². The summed E-state index contributed by atoms with van der Waals surface area (Å²) in [5.41, 5.74) is 5.83. The second-order valence-corrected chi connectivity index (χ2v) is 7.87. The van der Waals surface area contributed by atoms with E-state index in [1.165, 1.54) is 26.7 Å². The number of rotatable bonds is 4. The lowest BCUT2D eigenvalue weighted by Crippen LogP contribution is -2.36. The topological polar surface area (TPSA) is 9.23 Å². The minimum atomic E-state index is 0.0657. The standard InChI is InChI=1S/C23H23BrO/c1-2-25-21-12-13-23(16-17-6-4-3-5-7-17)19(15-21)9-8-18-14-20(24)10-11-22(18)23/h3-7,9-11,14-15H,2,8,12-13,16H2,1H3. The van der Waals surface area contributed by atoms with Gasteiger partial charge in [0.05, 0.1) is 12.4 Å². The molecule has 1 nitrogen and oxygen atoms in total. The highest BCUT2D eigenvalue weighted by molar-refractivity contribution is 9.10. The fourth-order valence-electron chi connectivity index (χ4n) is 4.36. The highest BCUT2D eigenvalue weighted by Crippen LogP contribution is 2.49. The average molecular weight is 395 g/mol. The van der Waals surface area contributed by atoms with Crippen molar-refractivity contribution < 1.29 is 4.74 Å². The first kappa shape index (κ1) is 16.7. The molecule has 0 radical (unpaired) electrons. The smallest absolute Gasteiger partial charge is 0.0962 e. The molecule has 2 aliphatic carbocycles. The molecule has 2 heteroatoms. The number of allylic oxidation sites excluding steroid dienone is 4. The molecule has 0 aromatic heterocycles. The maximum absolute atomic E-state index is 5.85. The van der Waals surface area contributed by atoms with Crippen molar-refractivity contribution in [3.05, 3.63) is 93.2 Å². The van der Waals surface area contributed by atoms with Crippen LogP contribution in [0.1, 0.15) is 36.5 Å². The van der Waals surface area contributed by atoms with Crippen LogP contribution in [0.25, 0.3) is 0 Å². The van der Waals surface area contributed by atoms with Crippen molar-refractivity contribution in [3.63, 3.8) is 0 Å². The third-order valence-corrected chi connectivity index (χ3v) is 5.96. The maximum Gasteiger partial charge on any atom is 0.0962 e. The number of hydrogen-bond donors (Lipinski definition) is 0. The Hall–Kier alpha value is -1.80. The first-order valence-electron chi connectivity index (χ1n) is 9.08. The molecule has 2 aromatic rings. The highest BCUT2D eigenvalue weighted by Gasteiger charge is 2.41. The molecule has 0 aliphatic heterocycles. The van der Waals surface area contributed by atoms with Crippen molar-refractivity contribution in [3.8, 4) is 0 Å². The molecule has 0 N–H and O–H groups in total. The van der Waals surface area contributed by atoms with Gasteiger partial charge in [-0.25, -0.2) is 0 Å². The maximum atomic E-state index is 5.85. The van der Waals surface area contributed by atoms with E-state index in [1.807, 2.05) is 0 Å². The molecule has 25 heavy (non-hydrogen) atoms. The Labute approximate surface area is 158 Å². The zero-order chi connectivity index (χ0) is 17.3. The Kier molecular flexibility index (Phi) is 4.56. The molecule has 0 heterocycles. The van der Waals surface area contributed by atoms with Crippen LogP contribution in [-0.2, 0) is 23.0 Å². The largest absolute Gasteiger partial charge is 0.498 e.